The molecular weight excluding hydrogens is 324 g/mol. The van der Waals surface area contributed by atoms with E-state index in [2.05, 4.69) is 5.32 Å². The molecule has 2 aromatic rings. The van der Waals surface area contributed by atoms with Crippen molar-refractivity contribution in [2.24, 2.45) is 11.7 Å². The lowest BCUT2D eigenvalue weighted by molar-refractivity contribution is -0.116. The molecule has 1 aliphatic carbocycles. The molecule has 3 rings (SSSR count). The smallest absolute Gasteiger partial charge is 0.226 e. The first-order chi connectivity index (χ1) is 11.2. The van der Waals surface area contributed by atoms with Crippen LogP contribution in [0.15, 0.2) is 54.6 Å². The molecule has 0 bridgehead atoms. The van der Waals surface area contributed by atoms with Crippen molar-refractivity contribution in [3.8, 4) is 5.75 Å². The molecule has 1 atom stereocenters. The maximum Gasteiger partial charge on any atom is 0.226 e. The van der Waals surface area contributed by atoms with Gasteiger partial charge in [-0.15, -0.1) is 12.4 Å². The van der Waals surface area contributed by atoms with Gasteiger partial charge in [0.2, 0.25) is 5.91 Å². The number of nitrogens with two attached hydrogens (primary N) is 1. The third-order valence-electron chi connectivity index (χ3n) is 3.95. The van der Waals surface area contributed by atoms with Crippen LogP contribution < -0.4 is 15.8 Å². The van der Waals surface area contributed by atoms with Crippen LogP contribution >= 0.6 is 12.4 Å². The molecule has 0 aliphatic heterocycles. The monoisotopic (exact) mass is 346 g/mol. The van der Waals surface area contributed by atoms with E-state index in [1.165, 1.54) is 12.8 Å². The van der Waals surface area contributed by atoms with E-state index in [1.807, 2.05) is 54.6 Å². The Hall–Kier alpha value is -2.04. The first kappa shape index (κ1) is 18.3. The Labute approximate surface area is 148 Å². The lowest BCUT2D eigenvalue weighted by Gasteiger charge is -2.12. The number of halogens is 1. The van der Waals surface area contributed by atoms with Gasteiger partial charge in [-0.25, -0.2) is 0 Å². The standard InChI is InChI=1S/C19H22N2O2.ClH/c20-18(15-4-2-1-3-5-15)12-19(22)21-16-8-10-17(11-9-16)23-13-14-6-7-14;/h1-5,8-11,14,18H,6-7,12-13,20H2,(H,21,22);1H. The van der Waals surface area contributed by atoms with E-state index in [4.69, 9.17) is 10.5 Å². The summed E-state index contributed by atoms with van der Waals surface area (Å²) < 4.78 is 5.68. The lowest BCUT2D eigenvalue weighted by Crippen LogP contribution is -2.20. The Bertz CT molecular complexity index is 642. The number of carbonyl (C=O) groups excluding carboxylic acids is 1. The van der Waals surface area contributed by atoms with Crippen molar-refractivity contribution in [2.75, 3.05) is 11.9 Å². The number of anilines is 1. The predicted octanol–water partition coefficient (Wildman–Crippen LogP) is 3.93. The zero-order valence-electron chi connectivity index (χ0n) is 13.5. The van der Waals surface area contributed by atoms with E-state index >= 15 is 0 Å². The van der Waals surface area contributed by atoms with Crippen LogP contribution in [0.4, 0.5) is 5.69 Å². The molecule has 0 spiro atoms. The summed E-state index contributed by atoms with van der Waals surface area (Å²) >= 11 is 0. The van der Waals surface area contributed by atoms with Crippen LogP contribution in [0, 0.1) is 5.92 Å². The van der Waals surface area contributed by atoms with Gasteiger partial charge in [0.15, 0.2) is 0 Å². The van der Waals surface area contributed by atoms with Gasteiger partial charge in [-0.05, 0) is 48.6 Å². The molecule has 5 heteroatoms. The van der Waals surface area contributed by atoms with Gasteiger partial charge in [0.05, 0.1) is 6.61 Å². The van der Waals surface area contributed by atoms with Crippen LogP contribution in [0.5, 0.6) is 5.75 Å². The van der Waals surface area contributed by atoms with Crippen molar-refractivity contribution in [2.45, 2.75) is 25.3 Å². The van der Waals surface area contributed by atoms with Crippen LogP contribution in [-0.4, -0.2) is 12.5 Å². The summed E-state index contributed by atoms with van der Waals surface area (Å²) in [5, 5.41) is 2.87. The molecule has 128 valence electrons. The van der Waals surface area contributed by atoms with Crippen molar-refractivity contribution < 1.29 is 9.53 Å². The largest absolute Gasteiger partial charge is 0.493 e. The third kappa shape index (κ3) is 5.55. The van der Waals surface area contributed by atoms with Gasteiger partial charge in [0.1, 0.15) is 5.75 Å². The van der Waals surface area contributed by atoms with Crippen LogP contribution in [0.3, 0.4) is 0 Å². The number of benzene rings is 2. The molecule has 1 amide bonds. The van der Waals surface area contributed by atoms with Crippen LogP contribution in [-0.2, 0) is 4.79 Å². The minimum atomic E-state index is -0.294. The Morgan fingerprint density at radius 1 is 1.12 bits per heavy atom. The van der Waals surface area contributed by atoms with Crippen molar-refractivity contribution >= 4 is 24.0 Å². The van der Waals surface area contributed by atoms with Gasteiger partial charge in [-0.1, -0.05) is 30.3 Å². The predicted molar refractivity (Wildman–Crippen MR) is 98.5 cm³/mol. The average molecular weight is 347 g/mol. The van der Waals surface area contributed by atoms with Crippen molar-refractivity contribution in [1.29, 1.82) is 0 Å². The summed E-state index contributed by atoms with van der Waals surface area (Å²) in [5.74, 6) is 1.48. The molecule has 1 saturated carbocycles. The molecule has 1 unspecified atom stereocenters. The fourth-order valence-electron chi connectivity index (χ4n) is 2.36. The van der Waals surface area contributed by atoms with Gasteiger partial charge in [0.25, 0.3) is 0 Å². The normalized spacial score (nSPS) is 14.4. The van der Waals surface area contributed by atoms with E-state index in [0.29, 0.717) is 0 Å². The number of carbonyl (C=O) groups is 1. The number of nitrogens with one attached hydrogen (secondary N) is 1. The Balaban J connectivity index is 0.00000208. The Kier molecular flexibility index (Phi) is 6.64. The van der Waals surface area contributed by atoms with Crippen molar-refractivity contribution in [3.05, 3.63) is 60.2 Å². The minimum Gasteiger partial charge on any atom is -0.493 e. The number of hydrogen-bond donors (Lipinski definition) is 2. The van der Waals surface area contributed by atoms with Crippen molar-refractivity contribution in [1.82, 2.24) is 0 Å². The third-order valence-corrected chi connectivity index (χ3v) is 3.95. The molecule has 0 heterocycles. The summed E-state index contributed by atoms with van der Waals surface area (Å²) in [6.07, 6.45) is 2.80. The van der Waals surface area contributed by atoms with Gasteiger partial charge in [0, 0.05) is 18.2 Å². The van der Waals surface area contributed by atoms with E-state index in [9.17, 15) is 4.79 Å². The molecule has 1 aliphatic rings. The summed E-state index contributed by atoms with van der Waals surface area (Å²) in [6, 6.07) is 16.8. The van der Waals surface area contributed by atoms with E-state index in [-0.39, 0.29) is 30.8 Å². The minimum absolute atomic E-state index is 0. The highest BCUT2D eigenvalue weighted by molar-refractivity contribution is 5.91. The second-order valence-corrected chi connectivity index (χ2v) is 6.05. The van der Waals surface area contributed by atoms with Crippen molar-refractivity contribution in [3.63, 3.8) is 0 Å². The Morgan fingerprint density at radius 3 is 2.42 bits per heavy atom. The van der Waals surface area contributed by atoms with Crippen LogP contribution in [0.1, 0.15) is 30.9 Å². The first-order valence-corrected chi connectivity index (χ1v) is 8.04. The SMILES string of the molecule is Cl.NC(CC(=O)Nc1ccc(OCC2CC2)cc1)c1ccccc1. The zero-order valence-corrected chi connectivity index (χ0v) is 14.3. The molecule has 0 aromatic heterocycles. The van der Waals surface area contributed by atoms with E-state index in [0.717, 1.165) is 29.5 Å². The van der Waals surface area contributed by atoms with Crippen LogP contribution in [0.25, 0.3) is 0 Å². The first-order valence-electron chi connectivity index (χ1n) is 8.04. The molecule has 1 fully saturated rings. The van der Waals surface area contributed by atoms with Gasteiger partial charge >= 0.3 is 0 Å². The van der Waals surface area contributed by atoms with E-state index in [1.54, 1.807) is 0 Å². The van der Waals surface area contributed by atoms with Gasteiger partial charge in [-0.2, -0.15) is 0 Å². The highest BCUT2D eigenvalue weighted by Crippen LogP contribution is 2.29. The highest BCUT2D eigenvalue weighted by Gasteiger charge is 2.21. The molecule has 0 radical (unpaired) electrons. The number of hydrogen-bond acceptors (Lipinski definition) is 3. The summed E-state index contributed by atoms with van der Waals surface area (Å²) in [6.45, 7) is 0.789. The quantitative estimate of drug-likeness (QED) is 0.798. The molecule has 2 aromatic carbocycles. The highest BCUT2D eigenvalue weighted by atomic mass is 35.5. The Morgan fingerprint density at radius 2 is 1.79 bits per heavy atom. The molecule has 0 saturated heterocycles. The summed E-state index contributed by atoms with van der Waals surface area (Å²) in [5.41, 5.74) is 7.79. The zero-order chi connectivity index (χ0) is 16.1. The summed E-state index contributed by atoms with van der Waals surface area (Å²) in [7, 11) is 0. The maximum absolute atomic E-state index is 12.1. The average Bonchev–Trinajstić information content (AvgIpc) is 3.39. The molecule has 3 N–H and O–H groups in total. The van der Waals surface area contributed by atoms with Gasteiger partial charge < -0.3 is 15.8 Å². The second kappa shape index (κ2) is 8.71. The molecule has 4 nitrogen and oxygen atoms in total. The number of amides is 1. The van der Waals surface area contributed by atoms with Crippen LogP contribution in [0.2, 0.25) is 0 Å². The fourth-order valence-corrected chi connectivity index (χ4v) is 2.36. The topological polar surface area (TPSA) is 64.4 Å². The number of rotatable bonds is 7. The molecular formula is C19H23ClN2O2. The summed E-state index contributed by atoms with van der Waals surface area (Å²) in [4.78, 5) is 12.1. The van der Waals surface area contributed by atoms with E-state index < -0.39 is 0 Å². The van der Waals surface area contributed by atoms with Gasteiger partial charge in [-0.3, -0.25) is 4.79 Å². The number of ether oxygens (including phenoxy) is 1. The fraction of sp³-hybridized carbons (Fsp3) is 0.316. The lowest BCUT2D eigenvalue weighted by atomic mass is 10.0. The molecule has 24 heavy (non-hydrogen) atoms. The second-order valence-electron chi connectivity index (χ2n) is 6.05. The maximum atomic E-state index is 12.1.